The minimum absolute atomic E-state index is 0.0233. The van der Waals surface area contributed by atoms with Gasteiger partial charge in [0.2, 0.25) is 0 Å². The van der Waals surface area contributed by atoms with E-state index in [1.165, 1.54) is 55.6 Å². The Hall–Kier alpha value is -5.66. The average molecular weight is 632 g/mol. The van der Waals surface area contributed by atoms with Gasteiger partial charge in [-0.05, 0) is 91.2 Å². The Kier molecular flexibility index (Phi) is 7.57. The Morgan fingerprint density at radius 1 is 0.347 bits per heavy atom. The number of hydrogen-bond donors (Lipinski definition) is 0. The molecule has 1 heteroatoms. The van der Waals surface area contributed by atoms with E-state index in [2.05, 4.69) is 209 Å². The highest BCUT2D eigenvalue weighted by atomic mass is 15.1. The molecule has 0 aliphatic heterocycles. The lowest BCUT2D eigenvalue weighted by Gasteiger charge is -2.49. The van der Waals surface area contributed by atoms with Gasteiger partial charge in [-0.15, -0.1) is 0 Å². The minimum Gasteiger partial charge on any atom is -0.310 e. The van der Waals surface area contributed by atoms with Crippen LogP contribution in [0, 0.1) is 0 Å². The van der Waals surface area contributed by atoms with Crippen LogP contribution in [0.4, 0.5) is 17.1 Å². The lowest BCUT2D eigenvalue weighted by molar-refractivity contribution is 0.299. The smallest absolute Gasteiger partial charge is 0.0540 e. The summed E-state index contributed by atoms with van der Waals surface area (Å²) in [4.78, 5) is 2.42. The monoisotopic (exact) mass is 631 g/mol. The maximum atomic E-state index is 2.42. The number of fused-ring (bicyclic) bond motifs is 3. The molecule has 0 atom stereocenters. The molecule has 0 heterocycles. The number of hydrogen-bond acceptors (Lipinski definition) is 1. The molecule has 7 aromatic rings. The van der Waals surface area contributed by atoms with Crippen molar-refractivity contribution in [3.05, 3.63) is 187 Å². The summed E-state index contributed by atoms with van der Waals surface area (Å²) in [7, 11) is 0. The lowest BCUT2D eigenvalue weighted by atomic mass is 9.55. The van der Waals surface area contributed by atoms with Gasteiger partial charge in [0.15, 0.2) is 0 Å². The highest BCUT2D eigenvalue weighted by molar-refractivity contribution is 5.97. The van der Waals surface area contributed by atoms with Crippen LogP contribution in [0.3, 0.4) is 0 Å². The van der Waals surface area contributed by atoms with E-state index < -0.39 is 0 Å². The number of nitrogens with zero attached hydrogens (tertiary/aromatic N) is 1. The number of benzene rings is 7. The van der Waals surface area contributed by atoms with Crippen LogP contribution in [0.2, 0.25) is 0 Å². The van der Waals surface area contributed by atoms with Crippen molar-refractivity contribution in [3.63, 3.8) is 0 Å². The van der Waals surface area contributed by atoms with E-state index in [0.29, 0.717) is 0 Å². The first kappa shape index (κ1) is 30.7. The van der Waals surface area contributed by atoms with E-state index in [-0.39, 0.29) is 10.8 Å². The van der Waals surface area contributed by atoms with Crippen LogP contribution in [-0.4, -0.2) is 0 Å². The van der Waals surface area contributed by atoms with Crippen molar-refractivity contribution in [2.24, 2.45) is 0 Å². The molecular formula is C48H41N. The van der Waals surface area contributed by atoms with Crippen LogP contribution in [0.5, 0.6) is 0 Å². The van der Waals surface area contributed by atoms with E-state index in [9.17, 15) is 0 Å². The molecule has 0 saturated heterocycles. The summed E-state index contributed by atoms with van der Waals surface area (Å²) >= 11 is 0. The topological polar surface area (TPSA) is 3.24 Å². The Morgan fingerprint density at radius 2 is 0.816 bits per heavy atom. The van der Waals surface area contributed by atoms with Crippen molar-refractivity contribution in [1.82, 2.24) is 0 Å². The summed E-state index contributed by atoms with van der Waals surface area (Å²) in [6.07, 6.45) is 0. The van der Waals surface area contributed by atoms with Crippen LogP contribution in [-0.2, 0) is 10.8 Å². The van der Waals surface area contributed by atoms with Crippen LogP contribution < -0.4 is 4.90 Å². The normalized spacial score (nSPS) is 14.0. The van der Waals surface area contributed by atoms with Crippen molar-refractivity contribution < 1.29 is 0 Å². The predicted molar refractivity (Wildman–Crippen MR) is 209 cm³/mol. The third-order valence-electron chi connectivity index (χ3n) is 11.0. The zero-order valence-corrected chi connectivity index (χ0v) is 28.7. The highest BCUT2D eigenvalue weighted by Gasteiger charge is 2.46. The van der Waals surface area contributed by atoms with Gasteiger partial charge in [0.1, 0.15) is 0 Å². The fourth-order valence-corrected chi connectivity index (χ4v) is 7.72. The van der Waals surface area contributed by atoms with E-state index in [1.807, 2.05) is 0 Å². The summed E-state index contributed by atoms with van der Waals surface area (Å²) < 4.78 is 0. The summed E-state index contributed by atoms with van der Waals surface area (Å²) in [5, 5.41) is 0. The lowest BCUT2D eigenvalue weighted by Crippen LogP contribution is -2.43. The summed E-state index contributed by atoms with van der Waals surface area (Å²) in [5.41, 5.74) is 16.1. The van der Waals surface area contributed by atoms with Crippen LogP contribution in [0.15, 0.2) is 176 Å². The van der Waals surface area contributed by atoms with Gasteiger partial charge in [0, 0.05) is 16.9 Å². The summed E-state index contributed by atoms with van der Waals surface area (Å²) in [6, 6.07) is 64.0. The van der Waals surface area contributed by atoms with Gasteiger partial charge in [-0.25, -0.2) is 0 Å². The van der Waals surface area contributed by atoms with Gasteiger partial charge < -0.3 is 4.90 Å². The number of rotatable bonds is 6. The Bertz CT molecular complexity index is 2260. The molecular weight excluding hydrogens is 591 g/mol. The molecule has 1 aliphatic carbocycles. The third kappa shape index (κ3) is 5.18. The maximum Gasteiger partial charge on any atom is 0.0540 e. The standard InChI is InChI=1S/C48H41N/c1-47(2)43-26-13-11-24-42(43)46-41(25-16-27-44(46)48(47,3)4)40-23-12-14-28-45(40)49(38-20-9-6-10-21-38)39-22-15-19-37(33-39)36-31-29-35(30-32-36)34-17-7-5-8-18-34/h5-33H,1-4H3. The van der Waals surface area contributed by atoms with Crippen LogP contribution >= 0.6 is 0 Å². The van der Waals surface area contributed by atoms with Gasteiger partial charge in [-0.2, -0.15) is 0 Å². The maximum absolute atomic E-state index is 2.42. The first-order valence-corrected chi connectivity index (χ1v) is 17.3. The molecule has 8 rings (SSSR count). The molecule has 0 saturated carbocycles. The van der Waals surface area contributed by atoms with E-state index in [4.69, 9.17) is 0 Å². The fraction of sp³-hybridized carbons (Fsp3) is 0.125. The molecule has 238 valence electrons. The molecule has 49 heavy (non-hydrogen) atoms. The number of anilines is 3. The molecule has 0 aromatic heterocycles. The van der Waals surface area contributed by atoms with Crippen molar-refractivity contribution in [1.29, 1.82) is 0 Å². The Balaban J connectivity index is 1.29. The molecule has 1 aliphatic rings. The second-order valence-corrected chi connectivity index (χ2v) is 14.2. The van der Waals surface area contributed by atoms with Crippen LogP contribution in [0.1, 0.15) is 38.8 Å². The average Bonchev–Trinajstić information content (AvgIpc) is 3.15. The third-order valence-corrected chi connectivity index (χ3v) is 11.0. The van der Waals surface area contributed by atoms with Crippen molar-refractivity contribution in [2.75, 3.05) is 4.90 Å². The van der Waals surface area contributed by atoms with E-state index >= 15 is 0 Å². The predicted octanol–water partition coefficient (Wildman–Crippen LogP) is 13.4. The Labute approximate surface area is 291 Å². The first-order chi connectivity index (χ1) is 23.8. The molecule has 1 nitrogen and oxygen atoms in total. The first-order valence-electron chi connectivity index (χ1n) is 17.3. The number of para-hydroxylation sites is 2. The summed E-state index contributed by atoms with van der Waals surface area (Å²) in [6.45, 7) is 9.61. The molecule has 7 aromatic carbocycles. The second kappa shape index (κ2) is 12.1. The quantitative estimate of drug-likeness (QED) is 0.176. The van der Waals surface area contributed by atoms with Crippen molar-refractivity contribution >= 4 is 17.1 Å². The molecule has 0 spiro atoms. The van der Waals surface area contributed by atoms with Gasteiger partial charge in [-0.1, -0.05) is 173 Å². The van der Waals surface area contributed by atoms with Crippen molar-refractivity contribution in [3.8, 4) is 44.5 Å². The minimum atomic E-state index is -0.0643. The van der Waals surface area contributed by atoms with Gasteiger partial charge in [0.05, 0.1) is 5.69 Å². The zero-order valence-electron chi connectivity index (χ0n) is 28.7. The molecule has 0 fully saturated rings. The zero-order chi connectivity index (χ0) is 33.6. The molecule has 0 bridgehead atoms. The van der Waals surface area contributed by atoms with Gasteiger partial charge in [0.25, 0.3) is 0 Å². The molecule has 0 unspecified atom stereocenters. The van der Waals surface area contributed by atoms with Crippen LogP contribution in [0.25, 0.3) is 44.5 Å². The molecule has 0 amide bonds. The molecule has 0 radical (unpaired) electrons. The van der Waals surface area contributed by atoms with E-state index in [1.54, 1.807) is 0 Å². The SMILES string of the molecule is CC1(C)c2ccccc2-c2c(-c3ccccc3N(c3ccccc3)c3cccc(-c4ccc(-c5ccccc5)cc4)c3)cccc2C1(C)C. The Morgan fingerprint density at radius 3 is 1.55 bits per heavy atom. The second-order valence-electron chi connectivity index (χ2n) is 14.2. The largest absolute Gasteiger partial charge is 0.310 e. The fourth-order valence-electron chi connectivity index (χ4n) is 7.72. The van der Waals surface area contributed by atoms with Gasteiger partial charge >= 0.3 is 0 Å². The summed E-state index contributed by atoms with van der Waals surface area (Å²) in [5.74, 6) is 0. The molecule has 0 N–H and O–H groups in total. The highest BCUT2D eigenvalue weighted by Crippen LogP contribution is 2.56. The van der Waals surface area contributed by atoms with Gasteiger partial charge in [-0.3, -0.25) is 0 Å². The van der Waals surface area contributed by atoms with E-state index in [0.717, 1.165) is 17.1 Å². The van der Waals surface area contributed by atoms with Crippen molar-refractivity contribution in [2.45, 2.75) is 38.5 Å².